The topological polar surface area (TPSA) is 149 Å². The normalized spacial score (nSPS) is 17.0. The standard InChI is InChI=1S/C45H52ClFN8O5S/c1-2-41(56)51-37-26-32-36(48-29-49-43(32)50-30-13-14-35(47)34(46)25-30)27-39(37)60-23-10-18-54-21-19-53(20-22-54)17-7-5-3-4-6-8-24-61-40-12-9-11-31-33(40)28-55(45(31)59)38-15-16-42(57)52-44(38)58/h2,9,11-14,25-27,29,38H,1,3-8,10,15-24,28H2,(H,51,56)(H,48,49,50)(H,52,57,58). The first-order chi connectivity index (χ1) is 29.7. The van der Waals surface area contributed by atoms with Gasteiger partial charge < -0.3 is 30.1 Å². The van der Waals surface area contributed by atoms with E-state index in [1.54, 1.807) is 34.9 Å². The van der Waals surface area contributed by atoms with Gasteiger partial charge in [-0.15, -0.1) is 11.8 Å². The van der Waals surface area contributed by atoms with E-state index in [0.29, 0.717) is 59.0 Å². The third kappa shape index (κ3) is 11.4. The van der Waals surface area contributed by atoms with Crippen LogP contribution in [0.5, 0.6) is 5.75 Å². The molecule has 2 fully saturated rings. The molecule has 0 radical (unpaired) electrons. The van der Waals surface area contributed by atoms with Gasteiger partial charge in [-0.2, -0.15) is 0 Å². The molecule has 4 amide bonds. The molecule has 4 heterocycles. The summed E-state index contributed by atoms with van der Waals surface area (Å²) in [6, 6.07) is 13.1. The Morgan fingerprint density at radius 3 is 2.48 bits per heavy atom. The number of fused-ring (bicyclic) bond motifs is 2. The lowest BCUT2D eigenvalue weighted by atomic mass is 10.0. The third-order valence-electron chi connectivity index (χ3n) is 11.4. The van der Waals surface area contributed by atoms with Gasteiger partial charge in [-0.25, -0.2) is 14.4 Å². The minimum atomic E-state index is -0.590. The fraction of sp³-hybridized carbons (Fsp3) is 0.422. The number of carbonyl (C=O) groups excluding carboxylic acids is 4. The summed E-state index contributed by atoms with van der Waals surface area (Å²) in [6.07, 6.45) is 11.2. The summed E-state index contributed by atoms with van der Waals surface area (Å²) >= 11 is 7.77. The summed E-state index contributed by atoms with van der Waals surface area (Å²) in [7, 11) is 0. The van der Waals surface area contributed by atoms with Crippen LogP contribution in [-0.4, -0.2) is 106 Å². The smallest absolute Gasteiger partial charge is 0.255 e. The van der Waals surface area contributed by atoms with E-state index in [-0.39, 0.29) is 35.1 Å². The molecule has 16 heteroatoms. The van der Waals surface area contributed by atoms with Crippen molar-refractivity contribution in [3.63, 3.8) is 0 Å². The number of piperidine rings is 1. The number of piperazine rings is 1. The van der Waals surface area contributed by atoms with E-state index in [0.717, 1.165) is 68.3 Å². The first-order valence-electron chi connectivity index (χ1n) is 21.1. The van der Waals surface area contributed by atoms with Gasteiger partial charge in [-0.05, 0) is 86.0 Å². The average molecular weight is 871 g/mol. The van der Waals surface area contributed by atoms with Crippen LogP contribution < -0.4 is 20.7 Å². The van der Waals surface area contributed by atoms with Crippen molar-refractivity contribution in [2.24, 2.45) is 0 Å². The summed E-state index contributed by atoms with van der Waals surface area (Å²) in [5.41, 5.74) is 3.30. The summed E-state index contributed by atoms with van der Waals surface area (Å²) in [6.45, 7) is 10.6. The number of carbonyl (C=O) groups is 4. The van der Waals surface area contributed by atoms with E-state index in [2.05, 4.69) is 48.4 Å². The van der Waals surface area contributed by atoms with Crippen LogP contribution in [0.4, 0.5) is 21.6 Å². The van der Waals surface area contributed by atoms with Crippen molar-refractivity contribution in [2.45, 2.75) is 75.3 Å². The predicted molar refractivity (Wildman–Crippen MR) is 237 cm³/mol. The highest BCUT2D eigenvalue weighted by atomic mass is 35.5. The minimum absolute atomic E-state index is 0.0129. The molecule has 0 aliphatic carbocycles. The molecule has 322 valence electrons. The van der Waals surface area contributed by atoms with Gasteiger partial charge in [0.15, 0.2) is 0 Å². The van der Waals surface area contributed by atoms with Crippen molar-refractivity contribution in [2.75, 3.05) is 62.3 Å². The molecule has 0 saturated carbocycles. The van der Waals surface area contributed by atoms with E-state index in [1.807, 2.05) is 12.1 Å². The van der Waals surface area contributed by atoms with Crippen LogP contribution in [0.1, 0.15) is 73.7 Å². The molecular weight excluding hydrogens is 819 g/mol. The van der Waals surface area contributed by atoms with E-state index < -0.39 is 11.9 Å². The number of halogens is 2. The Morgan fingerprint density at radius 1 is 0.967 bits per heavy atom. The van der Waals surface area contributed by atoms with Gasteiger partial charge in [0.05, 0.1) is 22.8 Å². The molecular formula is C45H52ClFN8O5S. The van der Waals surface area contributed by atoms with Crippen molar-refractivity contribution in [1.29, 1.82) is 0 Å². The molecule has 3 aliphatic heterocycles. The Morgan fingerprint density at radius 2 is 1.72 bits per heavy atom. The van der Waals surface area contributed by atoms with E-state index in [9.17, 15) is 23.6 Å². The Kier molecular flexibility index (Phi) is 15.2. The molecule has 3 aromatic carbocycles. The molecule has 61 heavy (non-hydrogen) atoms. The number of amides is 4. The highest BCUT2D eigenvalue weighted by Gasteiger charge is 2.39. The summed E-state index contributed by atoms with van der Waals surface area (Å²) in [5.74, 6) is 0.281. The fourth-order valence-corrected chi connectivity index (χ4v) is 9.29. The molecule has 13 nitrogen and oxygen atoms in total. The van der Waals surface area contributed by atoms with Crippen LogP contribution in [0.2, 0.25) is 5.02 Å². The van der Waals surface area contributed by atoms with Crippen molar-refractivity contribution >= 4 is 75.1 Å². The molecule has 1 unspecified atom stereocenters. The monoisotopic (exact) mass is 870 g/mol. The summed E-state index contributed by atoms with van der Waals surface area (Å²) in [5, 5.41) is 8.99. The van der Waals surface area contributed by atoms with Gasteiger partial charge in [0.2, 0.25) is 17.7 Å². The van der Waals surface area contributed by atoms with Crippen LogP contribution in [0.25, 0.3) is 10.9 Å². The molecule has 7 rings (SSSR count). The van der Waals surface area contributed by atoms with Gasteiger partial charge in [0, 0.05) is 73.3 Å². The van der Waals surface area contributed by atoms with E-state index in [1.165, 1.54) is 56.6 Å². The zero-order valence-corrected chi connectivity index (χ0v) is 35.8. The molecule has 0 spiro atoms. The van der Waals surface area contributed by atoms with Crippen molar-refractivity contribution in [3.05, 3.63) is 89.5 Å². The van der Waals surface area contributed by atoms with Gasteiger partial charge in [-0.1, -0.05) is 49.9 Å². The van der Waals surface area contributed by atoms with E-state index >= 15 is 0 Å². The highest BCUT2D eigenvalue weighted by Crippen LogP contribution is 2.36. The van der Waals surface area contributed by atoms with Crippen LogP contribution >= 0.6 is 23.4 Å². The third-order valence-corrected chi connectivity index (χ3v) is 12.8. The number of ether oxygens (including phenoxy) is 1. The number of anilines is 3. The first kappa shape index (κ1) is 44.0. The SMILES string of the molecule is C=CC(=O)Nc1cc2c(Nc3ccc(F)c(Cl)c3)ncnc2cc1OCCCN1CCN(CCCCCCCCSc2cccc3c2CN(C2CCC(=O)NC2=O)C3=O)CC1. The second kappa shape index (κ2) is 21.1. The quantitative estimate of drug-likeness (QED) is 0.0350. The number of nitrogens with zero attached hydrogens (tertiary/aromatic N) is 5. The van der Waals surface area contributed by atoms with Gasteiger partial charge in [0.25, 0.3) is 5.91 Å². The van der Waals surface area contributed by atoms with Crippen LogP contribution in [0.15, 0.2) is 72.4 Å². The van der Waals surface area contributed by atoms with Crippen LogP contribution in [0.3, 0.4) is 0 Å². The summed E-state index contributed by atoms with van der Waals surface area (Å²) in [4.78, 5) is 66.0. The number of benzene rings is 3. The maximum Gasteiger partial charge on any atom is 0.255 e. The first-order valence-corrected chi connectivity index (χ1v) is 22.4. The highest BCUT2D eigenvalue weighted by molar-refractivity contribution is 7.99. The Hall–Kier alpha value is -5.09. The number of nitrogens with one attached hydrogen (secondary N) is 3. The molecule has 3 aliphatic rings. The largest absolute Gasteiger partial charge is 0.491 e. The maximum atomic E-state index is 13.7. The molecule has 1 atom stereocenters. The van der Waals surface area contributed by atoms with Crippen LogP contribution in [0, 0.1) is 5.82 Å². The van der Waals surface area contributed by atoms with E-state index in [4.69, 9.17) is 16.3 Å². The number of thioether (sulfide) groups is 1. The van der Waals surface area contributed by atoms with Gasteiger partial charge >= 0.3 is 0 Å². The number of hydrogen-bond acceptors (Lipinski definition) is 11. The Balaban J connectivity index is 0.765. The van der Waals surface area contributed by atoms with Crippen LogP contribution in [-0.2, 0) is 20.9 Å². The number of unbranched alkanes of at least 4 members (excludes halogenated alkanes) is 5. The lowest BCUT2D eigenvalue weighted by Crippen LogP contribution is -2.52. The van der Waals surface area contributed by atoms with Gasteiger partial charge in [0.1, 0.15) is 29.8 Å². The number of rotatable bonds is 20. The lowest BCUT2D eigenvalue weighted by molar-refractivity contribution is -0.137. The molecule has 3 N–H and O–H groups in total. The zero-order chi connectivity index (χ0) is 42.7. The average Bonchev–Trinajstić information content (AvgIpc) is 3.59. The Bertz CT molecular complexity index is 2260. The van der Waals surface area contributed by atoms with Crippen molar-refractivity contribution in [1.82, 2.24) is 30.0 Å². The predicted octanol–water partition coefficient (Wildman–Crippen LogP) is 7.57. The number of imide groups is 1. The number of hydrogen-bond donors (Lipinski definition) is 3. The zero-order valence-electron chi connectivity index (χ0n) is 34.2. The van der Waals surface area contributed by atoms with Crippen molar-refractivity contribution in [3.8, 4) is 5.75 Å². The fourth-order valence-electron chi connectivity index (χ4n) is 8.02. The maximum absolute atomic E-state index is 13.7. The molecule has 0 bridgehead atoms. The Labute approximate surface area is 364 Å². The lowest BCUT2D eigenvalue weighted by Gasteiger charge is -2.34. The van der Waals surface area contributed by atoms with Gasteiger partial charge in [-0.3, -0.25) is 24.5 Å². The minimum Gasteiger partial charge on any atom is -0.491 e. The summed E-state index contributed by atoms with van der Waals surface area (Å²) < 4.78 is 19.9. The second-order valence-electron chi connectivity index (χ2n) is 15.6. The number of aromatic nitrogens is 2. The molecule has 2 saturated heterocycles. The second-order valence-corrected chi connectivity index (χ2v) is 17.1. The van der Waals surface area contributed by atoms with Crippen molar-refractivity contribution < 1.29 is 28.3 Å². The molecule has 4 aromatic rings. The molecule has 1 aromatic heterocycles.